The number of fused-ring (bicyclic) bond motifs is 1. The predicted molar refractivity (Wildman–Crippen MR) is 127 cm³/mol. The molecule has 0 aromatic carbocycles. The molecular formula is C25H38N4O3. The van der Waals surface area contributed by atoms with E-state index in [0.29, 0.717) is 17.1 Å². The molecule has 0 saturated heterocycles. The number of rotatable bonds is 8. The highest BCUT2D eigenvalue weighted by Gasteiger charge is 2.28. The molecule has 0 spiro atoms. The van der Waals surface area contributed by atoms with Crippen LogP contribution in [0.2, 0.25) is 0 Å². The average Bonchev–Trinajstić information content (AvgIpc) is 3.01. The summed E-state index contributed by atoms with van der Waals surface area (Å²) in [5, 5.41) is 15.9. The molecule has 7 heteroatoms. The number of carboxylic acid groups (broad SMARTS) is 1. The first-order valence-corrected chi connectivity index (χ1v) is 11.9. The molecule has 1 aliphatic carbocycles. The first-order chi connectivity index (χ1) is 15.0. The topological polar surface area (TPSA) is 95.7 Å². The van der Waals surface area contributed by atoms with Crippen molar-refractivity contribution in [2.75, 3.05) is 5.32 Å². The summed E-state index contributed by atoms with van der Waals surface area (Å²) in [5.41, 5.74) is 2.08. The number of amides is 1. The number of nitrogens with one attached hydrogen (secondary N) is 2. The number of aromatic nitrogens is 2. The van der Waals surface area contributed by atoms with Gasteiger partial charge in [0.05, 0.1) is 12.1 Å². The first kappa shape index (κ1) is 24.1. The van der Waals surface area contributed by atoms with Crippen LogP contribution in [0, 0.1) is 11.8 Å². The second-order valence-electron chi connectivity index (χ2n) is 10.6. The SMILES string of the molecule is CC(C)Cc1nc2cc(C(=O)NC(CC(=O)O)C3CCCCC3)ccn2c1NC(C)(C)C. The van der Waals surface area contributed by atoms with Gasteiger partial charge in [0, 0.05) is 23.3 Å². The maximum Gasteiger partial charge on any atom is 0.305 e. The van der Waals surface area contributed by atoms with Gasteiger partial charge in [0.2, 0.25) is 0 Å². The third-order valence-corrected chi connectivity index (χ3v) is 5.99. The predicted octanol–water partition coefficient (Wildman–Crippen LogP) is 4.90. The van der Waals surface area contributed by atoms with E-state index < -0.39 is 5.97 Å². The van der Waals surface area contributed by atoms with Crippen molar-refractivity contribution >= 4 is 23.3 Å². The van der Waals surface area contributed by atoms with Crippen LogP contribution >= 0.6 is 0 Å². The first-order valence-electron chi connectivity index (χ1n) is 11.9. The summed E-state index contributed by atoms with van der Waals surface area (Å²) in [7, 11) is 0. The molecule has 3 N–H and O–H groups in total. The van der Waals surface area contributed by atoms with Crippen LogP contribution in [-0.2, 0) is 11.2 Å². The van der Waals surface area contributed by atoms with Gasteiger partial charge in [-0.1, -0.05) is 33.1 Å². The number of carboxylic acids is 1. The van der Waals surface area contributed by atoms with E-state index in [1.54, 1.807) is 12.1 Å². The molecule has 1 atom stereocenters. The Hall–Kier alpha value is -2.57. The Morgan fingerprint density at radius 3 is 2.50 bits per heavy atom. The van der Waals surface area contributed by atoms with Gasteiger partial charge in [0.1, 0.15) is 11.5 Å². The zero-order chi connectivity index (χ0) is 23.5. The Morgan fingerprint density at radius 1 is 1.22 bits per heavy atom. The molecule has 0 aliphatic heterocycles. The fourth-order valence-electron chi connectivity index (χ4n) is 4.56. The molecule has 7 nitrogen and oxygen atoms in total. The van der Waals surface area contributed by atoms with Crippen LogP contribution in [0.1, 0.15) is 89.2 Å². The zero-order valence-corrected chi connectivity index (χ0v) is 20.1. The van der Waals surface area contributed by atoms with Crippen LogP contribution < -0.4 is 10.6 Å². The fourth-order valence-corrected chi connectivity index (χ4v) is 4.56. The van der Waals surface area contributed by atoms with E-state index in [1.165, 1.54) is 6.42 Å². The monoisotopic (exact) mass is 442 g/mol. The summed E-state index contributed by atoms with van der Waals surface area (Å²) < 4.78 is 2.00. The van der Waals surface area contributed by atoms with Crippen molar-refractivity contribution < 1.29 is 14.7 Å². The molecule has 1 amide bonds. The number of hydrogen-bond donors (Lipinski definition) is 3. The van der Waals surface area contributed by atoms with Crippen molar-refractivity contribution in [2.45, 2.75) is 91.1 Å². The molecule has 176 valence electrons. The maximum atomic E-state index is 13.1. The molecule has 1 fully saturated rings. The summed E-state index contributed by atoms with van der Waals surface area (Å²) in [4.78, 5) is 29.3. The number of nitrogens with zero attached hydrogens (tertiary/aromatic N) is 2. The van der Waals surface area contributed by atoms with E-state index in [4.69, 9.17) is 4.98 Å². The Morgan fingerprint density at radius 2 is 1.91 bits per heavy atom. The summed E-state index contributed by atoms with van der Waals surface area (Å²) in [6.07, 6.45) is 7.99. The standard InChI is InChI=1S/C25H38N4O3/c1-16(2)13-20-23(28-25(3,4)5)29-12-11-18(14-21(29)26-20)24(32)27-19(15-22(30)31)17-9-7-6-8-10-17/h11-12,14,16-17,19,28H,6-10,13,15H2,1-5H3,(H,27,32)(H,30,31). The minimum absolute atomic E-state index is 0.0415. The largest absolute Gasteiger partial charge is 0.481 e. The van der Waals surface area contributed by atoms with Gasteiger partial charge in [-0.05, 0) is 64.0 Å². The highest BCUT2D eigenvalue weighted by atomic mass is 16.4. The third kappa shape index (κ3) is 6.24. The van der Waals surface area contributed by atoms with Crippen molar-refractivity contribution in [3.63, 3.8) is 0 Å². The van der Waals surface area contributed by atoms with Crippen molar-refractivity contribution in [3.05, 3.63) is 29.6 Å². The second kappa shape index (κ2) is 9.92. The van der Waals surface area contributed by atoms with Crippen LogP contribution in [-0.4, -0.2) is 37.9 Å². The van der Waals surface area contributed by atoms with E-state index in [1.807, 2.05) is 10.6 Å². The lowest BCUT2D eigenvalue weighted by Crippen LogP contribution is -2.42. The lowest BCUT2D eigenvalue weighted by atomic mass is 9.82. The number of carbonyl (C=O) groups excluding carboxylic acids is 1. The molecule has 1 aliphatic rings. The van der Waals surface area contributed by atoms with Gasteiger partial charge >= 0.3 is 5.97 Å². The Bertz CT molecular complexity index is 952. The van der Waals surface area contributed by atoms with Crippen LogP contribution in [0.3, 0.4) is 0 Å². The molecule has 1 saturated carbocycles. The fraction of sp³-hybridized carbons (Fsp3) is 0.640. The van der Waals surface area contributed by atoms with Gasteiger partial charge in [-0.25, -0.2) is 4.98 Å². The number of pyridine rings is 1. The minimum atomic E-state index is -0.874. The van der Waals surface area contributed by atoms with E-state index in [0.717, 1.165) is 43.6 Å². The molecule has 1 unspecified atom stereocenters. The van der Waals surface area contributed by atoms with Crippen molar-refractivity contribution in [1.82, 2.24) is 14.7 Å². The maximum absolute atomic E-state index is 13.1. The van der Waals surface area contributed by atoms with Crippen LogP contribution in [0.4, 0.5) is 5.82 Å². The van der Waals surface area contributed by atoms with E-state index in [-0.39, 0.29) is 29.8 Å². The molecule has 0 radical (unpaired) electrons. The van der Waals surface area contributed by atoms with Gasteiger partial charge in [-0.3, -0.25) is 14.0 Å². The summed E-state index contributed by atoms with van der Waals surface area (Å²) in [6, 6.07) is 3.24. The summed E-state index contributed by atoms with van der Waals surface area (Å²) >= 11 is 0. The lowest BCUT2D eigenvalue weighted by molar-refractivity contribution is -0.137. The van der Waals surface area contributed by atoms with Gasteiger partial charge in [0.25, 0.3) is 5.91 Å². The van der Waals surface area contributed by atoms with E-state index >= 15 is 0 Å². The van der Waals surface area contributed by atoms with Gasteiger partial charge in [-0.2, -0.15) is 0 Å². The zero-order valence-electron chi connectivity index (χ0n) is 20.1. The highest BCUT2D eigenvalue weighted by Crippen LogP contribution is 2.29. The quantitative estimate of drug-likeness (QED) is 0.541. The minimum Gasteiger partial charge on any atom is -0.481 e. The number of anilines is 1. The molecular weight excluding hydrogens is 404 g/mol. The Kier molecular flexibility index (Phi) is 7.47. The molecule has 0 bridgehead atoms. The number of imidazole rings is 1. The Balaban J connectivity index is 1.87. The number of aliphatic carboxylic acids is 1. The third-order valence-electron chi connectivity index (χ3n) is 5.99. The molecule has 3 rings (SSSR count). The molecule has 2 aromatic heterocycles. The smallest absolute Gasteiger partial charge is 0.305 e. The van der Waals surface area contributed by atoms with Crippen LogP contribution in [0.5, 0.6) is 0 Å². The normalized spacial score (nSPS) is 16.3. The molecule has 2 aromatic rings. The second-order valence-corrected chi connectivity index (χ2v) is 10.6. The number of hydrogen-bond acceptors (Lipinski definition) is 4. The summed E-state index contributed by atoms with van der Waals surface area (Å²) in [5.74, 6) is 0.526. The van der Waals surface area contributed by atoms with Crippen molar-refractivity contribution in [3.8, 4) is 0 Å². The number of carbonyl (C=O) groups is 2. The molecule has 2 heterocycles. The highest BCUT2D eigenvalue weighted by molar-refractivity contribution is 5.95. The van der Waals surface area contributed by atoms with Crippen LogP contribution in [0.15, 0.2) is 18.3 Å². The van der Waals surface area contributed by atoms with Crippen molar-refractivity contribution in [2.24, 2.45) is 11.8 Å². The molecule has 32 heavy (non-hydrogen) atoms. The van der Waals surface area contributed by atoms with Crippen LogP contribution in [0.25, 0.3) is 5.65 Å². The van der Waals surface area contributed by atoms with Gasteiger partial charge in [0.15, 0.2) is 0 Å². The average molecular weight is 443 g/mol. The van der Waals surface area contributed by atoms with E-state index in [2.05, 4.69) is 45.3 Å². The van der Waals surface area contributed by atoms with Gasteiger partial charge < -0.3 is 15.7 Å². The van der Waals surface area contributed by atoms with E-state index in [9.17, 15) is 14.7 Å². The van der Waals surface area contributed by atoms with Gasteiger partial charge in [-0.15, -0.1) is 0 Å². The lowest BCUT2D eigenvalue weighted by Gasteiger charge is -2.30. The Labute approximate surface area is 191 Å². The summed E-state index contributed by atoms with van der Waals surface area (Å²) in [6.45, 7) is 10.7. The van der Waals surface area contributed by atoms with Crippen molar-refractivity contribution in [1.29, 1.82) is 0 Å².